The largest absolute Gasteiger partial charge is 0.464 e. The lowest BCUT2D eigenvalue weighted by atomic mass is 9.82. The van der Waals surface area contributed by atoms with Gasteiger partial charge in [-0.05, 0) is 46.9 Å². The maximum Gasteiger partial charge on any atom is 0.457 e. The zero-order chi connectivity index (χ0) is 27.4. The van der Waals surface area contributed by atoms with Gasteiger partial charge in [0.15, 0.2) is 0 Å². The van der Waals surface area contributed by atoms with E-state index in [1.807, 2.05) is 60.7 Å². The van der Waals surface area contributed by atoms with Crippen molar-refractivity contribution in [3.63, 3.8) is 0 Å². The van der Waals surface area contributed by atoms with E-state index in [2.05, 4.69) is 34.6 Å². The topological polar surface area (TPSA) is 57.1 Å². The van der Waals surface area contributed by atoms with Crippen molar-refractivity contribution in [2.24, 2.45) is 4.99 Å². The minimum atomic E-state index is -0.556. The molecule has 0 bridgehead atoms. The van der Waals surface area contributed by atoms with Crippen LogP contribution in [0, 0.1) is 0 Å². The van der Waals surface area contributed by atoms with Gasteiger partial charge in [0, 0.05) is 11.1 Å². The number of unbranched alkanes of at least 4 members (excludes halogenated alkanes) is 5. The molecule has 0 aromatic heterocycles. The van der Waals surface area contributed by atoms with Crippen LogP contribution < -0.4 is 0 Å². The monoisotopic (exact) mass is 519 g/mol. The third-order valence-corrected chi connectivity index (χ3v) is 7.61. The highest BCUT2D eigenvalue weighted by molar-refractivity contribution is 6.45. The van der Waals surface area contributed by atoms with Gasteiger partial charge in [-0.15, -0.1) is 0 Å². The highest BCUT2D eigenvalue weighted by Gasteiger charge is 2.50. The normalized spacial score (nSPS) is 16.7. The number of esters is 1. The average Bonchev–Trinajstić information content (AvgIpc) is 3.12. The van der Waals surface area contributed by atoms with E-state index in [0.29, 0.717) is 13.0 Å². The molecular weight excluding hydrogens is 473 g/mol. The Morgan fingerprint density at radius 3 is 1.92 bits per heavy atom. The summed E-state index contributed by atoms with van der Waals surface area (Å²) in [6, 6.07) is 19.6. The van der Waals surface area contributed by atoms with Gasteiger partial charge in [-0.25, -0.2) is 4.79 Å². The van der Waals surface area contributed by atoms with Crippen molar-refractivity contribution in [2.75, 3.05) is 6.61 Å². The molecular formula is C32H46BNO4. The summed E-state index contributed by atoms with van der Waals surface area (Å²) in [6.45, 7) is 11.0. The number of hydrogen-bond donors (Lipinski definition) is 0. The van der Waals surface area contributed by atoms with Crippen molar-refractivity contribution < 1.29 is 18.8 Å². The van der Waals surface area contributed by atoms with Gasteiger partial charge in [0.2, 0.25) is 0 Å². The summed E-state index contributed by atoms with van der Waals surface area (Å²) < 4.78 is 18.0. The Balaban J connectivity index is 1.69. The Morgan fingerprint density at radius 1 is 0.816 bits per heavy atom. The van der Waals surface area contributed by atoms with Crippen molar-refractivity contribution in [3.05, 3.63) is 71.8 Å². The molecule has 2 aromatic rings. The van der Waals surface area contributed by atoms with E-state index in [0.717, 1.165) is 48.8 Å². The zero-order valence-electron chi connectivity index (χ0n) is 24.1. The molecule has 0 amide bonds. The Hall–Kier alpha value is -2.44. The van der Waals surface area contributed by atoms with Crippen LogP contribution in [0.3, 0.4) is 0 Å². The molecule has 0 saturated carbocycles. The second-order valence-corrected chi connectivity index (χ2v) is 11.3. The van der Waals surface area contributed by atoms with E-state index in [4.69, 9.17) is 19.0 Å². The number of ether oxygens (including phenoxy) is 1. The number of aliphatic imine (C=N–C) groups is 1. The van der Waals surface area contributed by atoms with E-state index < -0.39 is 6.04 Å². The van der Waals surface area contributed by atoms with E-state index in [1.54, 1.807) is 0 Å². The number of carbonyl (C=O) groups excluding carboxylic acids is 1. The van der Waals surface area contributed by atoms with Crippen LogP contribution in [0.15, 0.2) is 65.7 Å². The molecule has 6 heteroatoms. The van der Waals surface area contributed by atoms with Gasteiger partial charge < -0.3 is 14.0 Å². The lowest BCUT2D eigenvalue weighted by molar-refractivity contribution is -0.145. The van der Waals surface area contributed by atoms with Crippen LogP contribution in [-0.4, -0.2) is 42.7 Å². The first-order valence-electron chi connectivity index (χ1n) is 14.4. The summed E-state index contributed by atoms with van der Waals surface area (Å²) >= 11 is 0. The predicted octanol–water partition coefficient (Wildman–Crippen LogP) is 7.67. The molecule has 0 N–H and O–H groups in total. The fourth-order valence-corrected chi connectivity index (χ4v) is 4.60. The summed E-state index contributed by atoms with van der Waals surface area (Å²) in [5.74, 6) is -0.236. The summed E-state index contributed by atoms with van der Waals surface area (Å²) in [5.41, 5.74) is 2.15. The second kappa shape index (κ2) is 14.6. The first kappa shape index (κ1) is 30.1. The summed E-state index contributed by atoms with van der Waals surface area (Å²) in [7, 11) is -0.221. The molecule has 1 atom stereocenters. The van der Waals surface area contributed by atoms with E-state index in [1.165, 1.54) is 19.3 Å². The van der Waals surface area contributed by atoms with Crippen molar-refractivity contribution in [2.45, 2.75) is 110 Å². The molecule has 1 saturated heterocycles. The van der Waals surface area contributed by atoms with Crippen molar-refractivity contribution in [1.29, 1.82) is 0 Å². The van der Waals surface area contributed by atoms with Gasteiger partial charge in [0.05, 0.1) is 23.5 Å². The third-order valence-electron chi connectivity index (χ3n) is 7.61. The van der Waals surface area contributed by atoms with Gasteiger partial charge in [0.25, 0.3) is 0 Å². The maximum atomic E-state index is 13.3. The molecule has 1 aliphatic heterocycles. The van der Waals surface area contributed by atoms with Crippen LogP contribution in [0.2, 0.25) is 6.32 Å². The minimum Gasteiger partial charge on any atom is -0.464 e. The van der Waals surface area contributed by atoms with Crippen molar-refractivity contribution >= 4 is 18.8 Å². The van der Waals surface area contributed by atoms with E-state index >= 15 is 0 Å². The molecule has 0 aliphatic carbocycles. The van der Waals surface area contributed by atoms with Gasteiger partial charge in [0.1, 0.15) is 6.04 Å². The Kier molecular flexibility index (Phi) is 11.6. The quantitative estimate of drug-likeness (QED) is 0.105. The van der Waals surface area contributed by atoms with Crippen molar-refractivity contribution in [1.82, 2.24) is 0 Å². The van der Waals surface area contributed by atoms with Gasteiger partial charge in [-0.2, -0.15) is 0 Å². The second-order valence-electron chi connectivity index (χ2n) is 11.3. The summed E-state index contributed by atoms with van der Waals surface area (Å²) in [5, 5.41) is 0. The number of rotatable bonds is 15. The summed E-state index contributed by atoms with van der Waals surface area (Å²) in [6.07, 6.45) is 8.72. The molecule has 0 radical (unpaired) electrons. The molecule has 0 spiro atoms. The van der Waals surface area contributed by atoms with Crippen LogP contribution in [-0.2, 0) is 18.8 Å². The predicted molar refractivity (Wildman–Crippen MR) is 157 cm³/mol. The van der Waals surface area contributed by atoms with E-state index in [-0.39, 0.29) is 24.3 Å². The van der Waals surface area contributed by atoms with E-state index in [9.17, 15) is 4.79 Å². The van der Waals surface area contributed by atoms with Gasteiger partial charge >= 0.3 is 13.1 Å². The highest BCUT2D eigenvalue weighted by atomic mass is 16.7. The molecule has 1 fully saturated rings. The van der Waals surface area contributed by atoms with Gasteiger partial charge in [-0.3, -0.25) is 4.99 Å². The standard InChI is InChI=1S/C32H46BNO4/c1-6-7-8-9-18-25-36-30(35)28(23-16-17-24-33-37-31(2,3)32(4,5)38-33)34-29(26-19-12-10-13-20-26)27-21-14-11-15-22-27/h10-15,19-22,28H,6-9,16-18,23-25H2,1-5H3. The fourth-order valence-electron chi connectivity index (χ4n) is 4.60. The molecule has 1 aliphatic rings. The lowest BCUT2D eigenvalue weighted by Crippen LogP contribution is -2.41. The number of carbonyl (C=O) groups is 1. The Morgan fingerprint density at radius 2 is 1.37 bits per heavy atom. The molecule has 1 unspecified atom stereocenters. The van der Waals surface area contributed by atoms with Crippen molar-refractivity contribution in [3.8, 4) is 0 Å². The third kappa shape index (κ3) is 8.81. The number of nitrogens with zero attached hydrogens (tertiary/aromatic N) is 1. The van der Waals surface area contributed by atoms with Crippen LogP contribution in [0.4, 0.5) is 0 Å². The van der Waals surface area contributed by atoms with Crippen LogP contribution in [0.1, 0.15) is 97.1 Å². The zero-order valence-corrected chi connectivity index (χ0v) is 24.1. The maximum absolute atomic E-state index is 13.3. The SMILES string of the molecule is CCCCCCCOC(=O)C(CCCCB1OC(C)(C)C(C)(C)O1)N=C(c1ccccc1)c1ccccc1. The van der Waals surface area contributed by atoms with Crippen LogP contribution >= 0.6 is 0 Å². The first-order valence-corrected chi connectivity index (χ1v) is 14.4. The average molecular weight is 520 g/mol. The molecule has 1 heterocycles. The molecule has 206 valence electrons. The van der Waals surface area contributed by atoms with Crippen LogP contribution in [0.5, 0.6) is 0 Å². The molecule has 38 heavy (non-hydrogen) atoms. The fraction of sp³-hybridized carbons (Fsp3) is 0.562. The summed E-state index contributed by atoms with van der Waals surface area (Å²) in [4.78, 5) is 18.3. The lowest BCUT2D eigenvalue weighted by Gasteiger charge is -2.32. The number of hydrogen-bond acceptors (Lipinski definition) is 5. The molecule has 2 aromatic carbocycles. The smallest absolute Gasteiger partial charge is 0.457 e. The van der Waals surface area contributed by atoms with Crippen LogP contribution in [0.25, 0.3) is 0 Å². The van der Waals surface area contributed by atoms with Gasteiger partial charge in [-0.1, -0.05) is 106 Å². The Labute approximate surface area is 230 Å². The number of benzene rings is 2. The highest BCUT2D eigenvalue weighted by Crippen LogP contribution is 2.38. The minimum absolute atomic E-state index is 0.221. The Bertz CT molecular complexity index is 949. The first-order chi connectivity index (χ1) is 18.2. The molecule has 5 nitrogen and oxygen atoms in total. The molecule has 3 rings (SSSR count).